The molecule has 0 aliphatic rings. The third kappa shape index (κ3) is 5.26. The molecule has 0 aliphatic heterocycles. The van der Waals surface area contributed by atoms with Crippen LogP contribution in [-0.2, 0) is 13.0 Å². The maximum atomic E-state index is 5.99. The van der Waals surface area contributed by atoms with E-state index in [9.17, 15) is 0 Å². The zero-order chi connectivity index (χ0) is 21.6. The van der Waals surface area contributed by atoms with E-state index >= 15 is 0 Å². The van der Waals surface area contributed by atoms with Crippen LogP contribution in [0.4, 0.5) is 0 Å². The lowest BCUT2D eigenvalue weighted by atomic mass is 10.1. The third-order valence-corrected chi connectivity index (χ3v) is 5.49. The van der Waals surface area contributed by atoms with E-state index in [2.05, 4.69) is 73.0 Å². The fourth-order valence-corrected chi connectivity index (χ4v) is 4.01. The zero-order valence-corrected chi connectivity index (χ0v) is 18.6. The summed E-state index contributed by atoms with van der Waals surface area (Å²) in [4.78, 5) is 4.92. The molecule has 1 heterocycles. The van der Waals surface area contributed by atoms with Crippen LogP contribution in [0.1, 0.15) is 35.4 Å². The second kappa shape index (κ2) is 9.69. The molecule has 0 bridgehead atoms. The Kier molecular flexibility index (Phi) is 6.56. The fourth-order valence-electron chi connectivity index (χ4n) is 4.01. The van der Waals surface area contributed by atoms with Crippen molar-refractivity contribution < 1.29 is 9.47 Å². The molecule has 160 valence electrons. The van der Waals surface area contributed by atoms with Gasteiger partial charge in [0.05, 0.1) is 24.8 Å². The topological polar surface area (TPSA) is 36.3 Å². The van der Waals surface area contributed by atoms with Gasteiger partial charge in [0.1, 0.15) is 17.3 Å². The summed E-state index contributed by atoms with van der Waals surface area (Å²) in [6, 6.07) is 23.0. The van der Waals surface area contributed by atoms with Crippen LogP contribution in [-0.4, -0.2) is 23.3 Å². The predicted octanol–water partition coefficient (Wildman–Crippen LogP) is 6.11. The van der Waals surface area contributed by atoms with E-state index < -0.39 is 0 Å². The summed E-state index contributed by atoms with van der Waals surface area (Å²) in [5, 5.41) is 0. The van der Waals surface area contributed by atoms with Crippen LogP contribution in [0.25, 0.3) is 11.0 Å². The molecular weight excluding hydrogens is 384 g/mol. The molecule has 3 aromatic carbocycles. The van der Waals surface area contributed by atoms with Crippen LogP contribution < -0.4 is 9.47 Å². The molecule has 4 rings (SSSR count). The van der Waals surface area contributed by atoms with Gasteiger partial charge in [-0.05, 0) is 79.8 Å². The highest BCUT2D eigenvalue weighted by atomic mass is 16.5. The number of hydrogen-bond donors (Lipinski definition) is 0. The zero-order valence-electron chi connectivity index (χ0n) is 18.6. The van der Waals surface area contributed by atoms with Gasteiger partial charge >= 0.3 is 0 Å². The molecule has 0 radical (unpaired) electrons. The molecule has 1 aromatic heterocycles. The number of fused-ring (bicyclic) bond motifs is 1. The number of ether oxygens (including phenoxy) is 2. The minimum absolute atomic E-state index is 0.726. The maximum absolute atomic E-state index is 5.99. The predicted molar refractivity (Wildman–Crippen MR) is 126 cm³/mol. The first-order valence-corrected chi connectivity index (χ1v) is 10.9. The highest BCUT2D eigenvalue weighted by Crippen LogP contribution is 2.21. The van der Waals surface area contributed by atoms with Gasteiger partial charge < -0.3 is 14.0 Å². The van der Waals surface area contributed by atoms with Crippen LogP contribution in [0.5, 0.6) is 11.5 Å². The third-order valence-electron chi connectivity index (χ3n) is 5.49. The Morgan fingerprint density at radius 1 is 0.839 bits per heavy atom. The molecular formula is C27H30N2O2. The Hall–Kier alpha value is -3.27. The summed E-state index contributed by atoms with van der Waals surface area (Å²) in [5.74, 6) is 2.94. The Bertz CT molecular complexity index is 1130. The van der Waals surface area contributed by atoms with Gasteiger partial charge in [-0.25, -0.2) is 4.98 Å². The number of aryl methyl sites for hydroxylation is 3. The Balaban J connectivity index is 1.41. The van der Waals surface area contributed by atoms with Gasteiger partial charge in [0.25, 0.3) is 0 Å². The van der Waals surface area contributed by atoms with Crippen LogP contribution in [0.2, 0.25) is 0 Å². The van der Waals surface area contributed by atoms with Gasteiger partial charge in [-0.2, -0.15) is 0 Å². The van der Waals surface area contributed by atoms with Crippen LogP contribution >= 0.6 is 0 Å². The summed E-state index contributed by atoms with van der Waals surface area (Å²) in [6.45, 7) is 5.87. The van der Waals surface area contributed by atoms with Crippen molar-refractivity contribution >= 4 is 11.0 Å². The molecule has 0 amide bonds. The highest BCUT2D eigenvalue weighted by molar-refractivity contribution is 5.76. The van der Waals surface area contributed by atoms with Gasteiger partial charge in [-0.15, -0.1) is 0 Å². The van der Waals surface area contributed by atoms with Gasteiger partial charge in [0.2, 0.25) is 0 Å². The standard InChI is InChI=1S/C27H30N2O2/c1-20-16-21(2)18-24(17-20)31-15-7-6-14-29-26-9-5-4-8-25(26)28-27(29)19-22-10-12-23(30-3)13-11-22/h4-5,8-13,16-18H,6-7,14-15,19H2,1-3H3. The summed E-state index contributed by atoms with van der Waals surface area (Å²) < 4.78 is 13.6. The number of hydrogen-bond acceptors (Lipinski definition) is 3. The van der Waals surface area contributed by atoms with E-state index in [0.29, 0.717) is 0 Å². The number of aromatic nitrogens is 2. The molecule has 0 spiro atoms. The van der Waals surface area contributed by atoms with Crippen LogP contribution in [0, 0.1) is 13.8 Å². The highest BCUT2D eigenvalue weighted by Gasteiger charge is 2.11. The molecule has 4 nitrogen and oxygen atoms in total. The minimum atomic E-state index is 0.726. The Labute approximate surface area is 184 Å². The normalized spacial score (nSPS) is 11.1. The summed E-state index contributed by atoms with van der Waals surface area (Å²) in [7, 11) is 1.69. The molecule has 0 atom stereocenters. The smallest absolute Gasteiger partial charge is 0.119 e. The van der Waals surface area contributed by atoms with Crippen molar-refractivity contribution in [1.82, 2.24) is 9.55 Å². The van der Waals surface area contributed by atoms with Crippen molar-refractivity contribution in [3.8, 4) is 11.5 Å². The Morgan fingerprint density at radius 2 is 1.58 bits per heavy atom. The van der Waals surface area contributed by atoms with E-state index in [-0.39, 0.29) is 0 Å². The lowest BCUT2D eigenvalue weighted by Gasteiger charge is -2.11. The first kappa shape index (κ1) is 21.0. The van der Waals surface area contributed by atoms with Gasteiger partial charge in [-0.3, -0.25) is 0 Å². The van der Waals surface area contributed by atoms with Crippen molar-refractivity contribution in [3.63, 3.8) is 0 Å². The Morgan fingerprint density at radius 3 is 2.32 bits per heavy atom. The second-order valence-corrected chi connectivity index (χ2v) is 8.07. The van der Waals surface area contributed by atoms with Crippen molar-refractivity contribution in [2.75, 3.05) is 13.7 Å². The van der Waals surface area contributed by atoms with Crippen molar-refractivity contribution in [1.29, 1.82) is 0 Å². The van der Waals surface area contributed by atoms with E-state index in [1.807, 2.05) is 12.1 Å². The van der Waals surface area contributed by atoms with Crippen LogP contribution in [0.3, 0.4) is 0 Å². The molecule has 0 fully saturated rings. The second-order valence-electron chi connectivity index (χ2n) is 8.07. The van der Waals surface area contributed by atoms with Crippen molar-refractivity contribution in [2.24, 2.45) is 0 Å². The van der Waals surface area contributed by atoms with Crippen molar-refractivity contribution in [3.05, 3.63) is 89.2 Å². The lowest BCUT2D eigenvalue weighted by Crippen LogP contribution is -2.07. The number of nitrogens with zero attached hydrogens (tertiary/aromatic N) is 2. The van der Waals surface area contributed by atoms with Gasteiger partial charge in [0.15, 0.2) is 0 Å². The average Bonchev–Trinajstić information content (AvgIpc) is 3.10. The van der Waals surface area contributed by atoms with Crippen molar-refractivity contribution in [2.45, 2.75) is 39.7 Å². The van der Waals surface area contributed by atoms with Crippen LogP contribution in [0.15, 0.2) is 66.7 Å². The number of para-hydroxylation sites is 2. The number of methoxy groups -OCH3 is 1. The number of imidazole rings is 1. The maximum Gasteiger partial charge on any atom is 0.119 e. The van der Waals surface area contributed by atoms with E-state index in [0.717, 1.165) is 55.3 Å². The van der Waals surface area contributed by atoms with Gasteiger partial charge in [0, 0.05) is 13.0 Å². The summed E-state index contributed by atoms with van der Waals surface area (Å²) in [6.07, 6.45) is 2.85. The average molecular weight is 415 g/mol. The SMILES string of the molecule is COc1ccc(Cc2nc3ccccc3n2CCCCOc2cc(C)cc(C)c2)cc1. The quantitative estimate of drug-likeness (QED) is 0.310. The molecule has 0 saturated heterocycles. The van der Waals surface area contributed by atoms with E-state index in [1.54, 1.807) is 7.11 Å². The van der Waals surface area contributed by atoms with Gasteiger partial charge in [-0.1, -0.05) is 30.3 Å². The molecule has 4 heteroatoms. The molecule has 4 aromatic rings. The monoisotopic (exact) mass is 414 g/mol. The minimum Gasteiger partial charge on any atom is -0.497 e. The molecule has 0 aliphatic carbocycles. The lowest BCUT2D eigenvalue weighted by molar-refractivity contribution is 0.303. The van der Waals surface area contributed by atoms with E-state index in [4.69, 9.17) is 14.5 Å². The number of unbranched alkanes of at least 4 members (excludes halogenated alkanes) is 1. The first-order valence-electron chi connectivity index (χ1n) is 10.9. The summed E-state index contributed by atoms with van der Waals surface area (Å²) in [5.41, 5.74) is 5.96. The first-order chi connectivity index (χ1) is 15.1. The fraction of sp³-hybridized carbons (Fsp3) is 0.296. The molecule has 0 saturated carbocycles. The molecule has 0 N–H and O–H groups in total. The van der Waals surface area contributed by atoms with E-state index in [1.165, 1.54) is 22.2 Å². The molecule has 0 unspecified atom stereocenters. The largest absolute Gasteiger partial charge is 0.497 e. The molecule has 31 heavy (non-hydrogen) atoms. The number of benzene rings is 3. The number of rotatable bonds is 9. The summed E-state index contributed by atoms with van der Waals surface area (Å²) >= 11 is 0.